The third kappa shape index (κ3) is 1.56. The standard InChI is InChI=1S/C12H16O3/c1-9-10(5-8-15-9)12(11(13)14)6-3-2-4-7-12/h5,8H,2-4,6-7H2,1H3,(H,13,14). The van der Waals surface area contributed by atoms with E-state index in [1.807, 2.05) is 13.0 Å². The normalized spacial score (nSPS) is 20.1. The summed E-state index contributed by atoms with van der Waals surface area (Å²) in [5.41, 5.74) is 0.185. The first-order valence-corrected chi connectivity index (χ1v) is 5.45. The van der Waals surface area contributed by atoms with Gasteiger partial charge >= 0.3 is 5.97 Å². The highest BCUT2D eigenvalue weighted by Gasteiger charge is 2.43. The highest BCUT2D eigenvalue weighted by Crippen LogP contribution is 2.41. The summed E-state index contributed by atoms with van der Waals surface area (Å²) < 4.78 is 5.23. The van der Waals surface area contributed by atoms with E-state index in [1.165, 1.54) is 0 Å². The lowest BCUT2D eigenvalue weighted by Gasteiger charge is -2.32. The Hall–Kier alpha value is -1.25. The van der Waals surface area contributed by atoms with Crippen LogP contribution in [0, 0.1) is 6.92 Å². The van der Waals surface area contributed by atoms with Gasteiger partial charge in [0.25, 0.3) is 0 Å². The van der Waals surface area contributed by atoms with E-state index in [0.717, 1.165) is 43.4 Å². The number of hydrogen-bond donors (Lipinski definition) is 1. The SMILES string of the molecule is Cc1occc1C1(C(=O)O)CCCCC1. The van der Waals surface area contributed by atoms with Crippen LogP contribution in [0.3, 0.4) is 0 Å². The summed E-state index contributed by atoms with van der Waals surface area (Å²) in [4.78, 5) is 11.5. The number of carbonyl (C=O) groups is 1. The van der Waals surface area contributed by atoms with Crippen molar-refractivity contribution in [1.29, 1.82) is 0 Å². The molecule has 15 heavy (non-hydrogen) atoms. The Morgan fingerprint density at radius 2 is 2.07 bits per heavy atom. The van der Waals surface area contributed by atoms with Gasteiger partial charge in [-0.3, -0.25) is 4.79 Å². The van der Waals surface area contributed by atoms with Gasteiger partial charge in [0, 0.05) is 5.56 Å². The third-order valence-corrected chi connectivity index (χ3v) is 3.49. The molecule has 3 nitrogen and oxygen atoms in total. The van der Waals surface area contributed by atoms with Crippen LogP contribution in [0.5, 0.6) is 0 Å². The lowest BCUT2D eigenvalue weighted by atomic mass is 9.69. The molecule has 2 rings (SSSR count). The van der Waals surface area contributed by atoms with E-state index >= 15 is 0 Å². The van der Waals surface area contributed by atoms with Crippen LogP contribution in [0.2, 0.25) is 0 Å². The second-order valence-electron chi connectivity index (χ2n) is 4.34. The van der Waals surface area contributed by atoms with Crippen LogP contribution in [0.4, 0.5) is 0 Å². The van der Waals surface area contributed by atoms with Gasteiger partial charge in [0.1, 0.15) is 5.76 Å². The summed E-state index contributed by atoms with van der Waals surface area (Å²) in [5, 5.41) is 9.44. The molecule has 0 bridgehead atoms. The number of aryl methyl sites for hydroxylation is 1. The summed E-state index contributed by atoms with van der Waals surface area (Å²) >= 11 is 0. The van der Waals surface area contributed by atoms with Gasteiger partial charge in [-0.2, -0.15) is 0 Å². The molecule has 1 heterocycles. The van der Waals surface area contributed by atoms with Gasteiger partial charge in [-0.1, -0.05) is 19.3 Å². The van der Waals surface area contributed by atoms with E-state index in [0.29, 0.717) is 0 Å². The lowest BCUT2D eigenvalue weighted by Crippen LogP contribution is -2.38. The average Bonchev–Trinajstić information content (AvgIpc) is 2.66. The number of furan rings is 1. The first-order chi connectivity index (χ1) is 7.17. The van der Waals surface area contributed by atoms with E-state index in [4.69, 9.17) is 4.42 Å². The van der Waals surface area contributed by atoms with Crippen LogP contribution < -0.4 is 0 Å². The van der Waals surface area contributed by atoms with Crippen LogP contribution in [0.1, 0.15) is 43.4 Å². The quantitative estimate of drug-likeness (QED) is 0.813. The zero-order chi connectivity index (χ0) is 10.9. The highest BCUT2D eigenvalue weighted by molar-refractivity contribution is 5.81. The third-order valence-electron chi connectivity index (χ3n) is 3.49. The predicted octanol–water partition coefficient (Wildman–Crippen LogP) is 2.87. The largest absolute Gasteiger partial charge is 0.481 e. The molecule has 0 atom stereocenters. The van der Waals surface area contributed by atoms with Crippen molar-refractivity contribution in [3.8, 4) is 0 Å². The fourth-order valence-electron chi connectivity index (χ4n) is 2.64. The van der Waals surface area contributed by atoms with Crippen molar-refractivity contribution in [1.82, 2.24) is 0 Å². The lowest BCUT2D eigenvalue weighted by molar-refractivity contribution is -0.145. The zero-order valence-electron chi connectivity index (χ0n) is 8.95. The molecule has 82 valence electrons. The molecule has 0 saturated heterocycles. The van der Waals surface area contributed by atoms with E-state index in [1.54, 1.807) is 6.26 Å². The molecule has 0 radical (unpaired) electrons. The van der Waals surface area contributed by atoms with Crippen molar-refractivity contribution >= 4 is 5.97 Å². The minimum absolute atomic E-state index is 0.685. The van der Waals surface area contributed by atoms with Crippen LogP contribution in [-0.4, -0.2) is 11.1 Å². The van der Waals surface area contributed by atoms with Crippen molar-refractivity contribution in [2.24, 2.45) is 0 Å². The van der Waals surface area contributed by atoms with Crippen LogP contribution in [-0.2, 0) is 10.2 Å². The Morgan fingerprint density at radius 3 is 2.53 bits per heavy atom. The Bertz CT molecular complexity index is 359. The smallest absolute Gasteiger partial charge is 0.314 e. The predicted molar refractivity (Wildman–Crippen MR) is 55.8 cm³/mol. The second-order valence-corrected chi connectivity index (χ2v) is 4.34. The first-order valence-electron chi connectivity index (χ1n) is 5.45. The average molecular weight is 208 g/mol. The topological polar surface area (TPSA) is 50.4 Å². The number of carboxylic acids is 1. The molecule has 0 aromatic carbocycles. The first kappa shape index (κ1) is 10.3. The molecule has 1 saturated carbocycles. The Kier molecular flexibility index (Phi) is 2.55. The Labute approximate surface area is 89.1 Å². The number of hydrogen-bond acceptors (Lipinski definition) is 2. The molecule has 3 heteroatoms. The van der Waals surface area contributed by atoms with Crippen molar-refractivity contribution in [2.75, 3.05) is 0 Å². The molecule has 0 unspecified atom stereocenters. The Balaban J connectivity index is 2.42. The zero-order valence-corrected chi connectivity index (χ0v) is 8.95. The van der Waals surface area contributed by atoms with Crippen molar-refractivity contribution < 1.29 is 14.3 Å². The summed E-state index contributed by atoms with van der Waals surface area (Å²) in [6.45, 7) is 1.84. The maximum absolute atomic E-state index is 11.5. The van der Waals surface area contributed by atoms with E-state index in [2.05, 4.69) is 0 Å². The molecular formula is C12H16O3. The van der Waals surface area contributed by atoms with Gasteiger partial charge in [-0.15, -0.1) is 0 Å². The van der Waals surface area contributed by atoms with E-state index < -0.39 is 11.4 Å². The monoisotopic (exact) mass is 208 g/mol. The van der Waals surface area contributed by atoms with Gasteiger partial charge in [0.2, 0.25) is 0 Å². The number of aliphatic carboxylic acids is 1. The minimum Gasteiger partial charge on any atom is -0.481 e. The number of rotatable bonds is 2. The molecule has 1 fully saturated rings. The van der Waals surface area contributed by atoms with Crippen molar-refractivity contribution in [3.63, 3.8) is 0 Å². The van der Waals surface area contributed by atoms with Gasteiger partial charge in [0.15, 0.2) is 0 Å². The maximum Gasteiger partial charge on any atom is 0.314 e. The molecule has 0 aliphatic heterocycles. The molecule has 0 amide bonds. The summed E-state index contributed by atoms with van der Waals surface area (Å²) in [7, 11) is 0. The second kappa shape index (κ2) is 3.72. The van der Waals surface area contributed by atoms with Crippen LogP contribution >= 0.6 is 0 Å². The maximum atomic E-state index is 11.5. The van der Waals surface area contributed by atoms with Gasteiger partial charge < -0.3 is 9.52 Å². The fraction of sp³-hybridized carbons (Fsp3) is 0.583. The molecule has 1 aliphatic rings. The highest BCUT2D eigenvalue weighted by atomic mass is 16.4. The van der Waals surface area contributed by atoms with Gasteiger partial charge in [0.05, 0.1) is 11.7 Å². The number of carboxylic acid groups (broad SMARTS) is 1. The molecule has 1 aromatic rings. The molecule has 0 spiro atoms. The van der Waals surface area contributed by atoms with Crippen LogP contribution in [0.25, 0.3) is 0 Å². The van der Waals surface area contributed by atoms with Gasteiger partial charge in [-0.05, 0) is 25.8 Å². The summed E-state index contributed by atoms with van der Waals surface area (Å²) in [5.74, 6) is 0.0472. The van der Waals surface area contributed by atoms with Crippen molar-refractivity contribution in [3.05, 3.63) is 23.7 Å². The Morgan fingerprint density at radius 1 is 1.40 bits per heavy atom. The van der Waals surface area contributed by atoms with E-state index in [9.17, 15) is 9.90 Å². The molecule has 1 N–H and O–H groups in total. The van der Waals surface area contributed by atoms with Crippen molar-refractivity contribution in [2.45, 2.75) is 44.4 Å². The van der Waals surface area contributed by atoms with E-state index in [-0.39, 0.29) is 0 Å². The molecule has 1 aromatic heterocycles. The summed E-state index contributed by atoms with van der Waals surface area (Å²) in [6, 6.07) is 1.81. The fourth-order valence-corrected chi connectivity index (χ4v) is 2.64. The summed E-state index contributed by atoms with van der Waals surface area (Å²) in [6.07, 6.45) is 6.20. The van der Waals surface area contributed by atoms with Gasteiger partial charge in [-0.25, -0.2) is 0 Å². The minimum atomic E-state index is -0.702. The molecule has 1 aliphatic carbocycles. The van der Waals surface area contributed by atoms with Crippen LogP contribution in [0.15, 0.2) is 16.7 Å². The molecular weight excluding hydrogens is 192 g/mol.